The molecule has 5 heteroatoms. The van der Waals surface area contributed by atoms with Gasteiger partial charge in [-0.15, -0.1) is 0 Å². The van der Waals surface area contributed by atoms with E-state index in [-0.39, 0.29) is 0 Å². The van der Waals surface area contributed by atoms with Crippen LogP contribution in [-0.2, 0) is 4.79 Å². The molecule has 2 aromatic rings. The third-order valence-electron chi connectivity index (χ3n) is 2.47. The number of carboxylic acid groups (broad SMARTS) is 1. The van der Waals surface area contributed by atoms with Gasteiger partial charge in [0.2, 0.25) is 6.10 Å². The van der Waals surface area contributed by atoms with Crippen LogP contribution in [0.1, 0.15) is 11.7 Å². The minimum atomic E-state index is -1.08. The Kier molecular flexibility index (Phi) is 4.45. The Bertz CT molecular complexity index is 586. The highest BCUT2D eigenvalue weighted by molar-refractivity contribution is 9.10. The molecule has 0 radical (unpaired) electrons. The molecule has 19 heavy (non-hydrogen) atoms. The lowest BCUT2D eigenvalue weighted by atomic mass is 10.1. The summed E-state index contributed by atoms with van der Waals surface area (Å²) in [6.07, 6.45) is -1.08. The van der Waals surface area contributed by atoms with Gasteiger partial charge in [0.15, 0.2) is 0 Å². The zero-order valence-corrected chi connectivity index (χ0v) is 12.1. The lowest BCUT2D eigenvalue weighted by Gasteiger charge is -2.16. The van der Waals surface area contributed by atoms with Crippen molar-refractivity contribution in [3.63, 3.8) is 0 Å². The van der Waals surface area contributed by atoms with Crippen molar-refractivity contribution < 1.29 is 14.6 Å². The number of benzene rings is 2. The number of hydrogen-bond donors (Lipinski definition) is 1. The Morgan fingerprint density at radius 2 is 1.89 bits per heavy atom. The Labute approximate surface area is 123 Å². The van der Waals surface area contributed by atoms with Crippen molar-refractivity contribution in [2.75, 3.05) is 0 Å². The number of carboxylic acids is 1. The molecule has 98 valence electrons. The molecule has 0 heterocycles. The van der Waals surface area contributed by atoms with Crippen molar-refractivity contribution in [2.45, 2.75) is 6.10 Å². The van der Waals surface area contributed by atoms with Crippen LogP contribution in [0.2, 0.25) is 5.02 Å². The fourth-order valence-corrected chi connectivity index (χ4v) is 2.30. The third kappa shape index (κ3) is 3.49. The Hall–Kier alpha value is -1.52. The molecular weight excluding hydrogens is 332 g/mol. The van der Waals surface area contributed by atoms with Crippen molar-refractivity contribution in [1.29, 1.82) is 0 Å². The van der Waals surface area contributed by atoms with E-state index in [0.29, 0.717) is 16.3 Å². The van der Waals surface area contributed by atoms with Crippen molar-refractivity contribution in [3.05, 3.63) is 63.6 Å². The summed E-state index contributed by atoms with van der Waals surface area (Å²) < 4.78 is 6.30. The Morgan fingerprint density at radius 3 is 2.47 bits per heavy atom. The molecule has 0 saturated carbocycles. The van der Waals surface area contributed by atoms with Crippen LogP contribution in [0.25, 0.3) is 0 Å². The highest BCUT2D eigenvalue weighted by Crippen LogP contribution is 2.31. The summed E-state index contributed by atoms with van der Waals surface area (Å²) >= 11 is 9.30. The summed E-state index contributed by atoms with van der Waals surface area (Å²) in [4.78, 5) is 11.3. The first kappa shape index (κ1) is 13.9. The van der Waals surface area contributed by atoms with Crippen LogP contribution in [0, 0.1) is 0 Å². The molecule has 0 fully saturated rings. The van der Waals surface area contributed by atoms with Crippen molar-refractivity contribution in [1.82, 2.24) is 0 Å². The molecule has 0 amide bonds. The highest BCUT2D eigenvalue weighted by Gasteiger charge is 2.22. The van der Waals surface area contributed by atoms with Gasteiger partial charge in [-0.1, -0.05) is 57.9 Å². The average Bonchev–Trinajstić information content (AvgIpc) is 2.38. The number of carbonyl (C=O) groups is 1. The second-order valence-electron chi connectivity index (χ2n) is 3.82. The van der Waals surface area contributed by atoms with Gasteiger partial charge in [0.05, 0.1) is 5.02 Å². The lowest BCUT2D eigenvalue weighted by Crippen LogP contribution is -2.18. The Morgan fingerprint density at radius 1 is 1.21 bits per heavy atom. The standard InChI is InChI=1S/C14H10BrClO3/c15-10-6-7-12(11(16)8-10)19-13(14(17)18)9-4-2-1-3-5-9/h1-8,13H,(H,17,18). The van der Waals surface area contributed by atoms with Gasteiger partial charge in [-0.2, -0.15) is 0 Å². The van der Waals surface area contributed by atoms with Gasteiger partial charge in [-0.3, -0.25) is 0 Å². The van der Waals surface area contributed by atoms with Gasteiger partial charge in [0.25, 0.3) is 0 Å². The number of rotatable bonds is 4. The van der Waals surface area contributed by atoms with Crippen LogP contribution < -0.4 is 4.74 Å². The van der Waals surface area contributed by atoms with E-state index < -0.39 is 12.1 Å². The largest absolute Gasteiger partial charge is 0.478 e. The van der Waals surface area contributed by atoms with Crippen LogP contribution in [0.3, 0.4) is 0 Å². The SMILES string of the molecule is O=C(O)C(Oc1ccc(Br)cc1Cl)c1ccccc1. The molecule has 0 aliphatic carbocycles. The van der Waals surface area contributed by atoms with Gasteiger partial charge in [0.1, 0.15) is 5.75 Å². The molecule has 0 aliphatic rings. The number of halogens is 2. The maximum absolute atomic E-state index is 11.3. The molecule has 3 nitrogen and oxygen atoms in total. The maximum Gasteiger partial charge on any atom is 0.349 e. The lowest BCUT2D eigenvalue weighted by molar-refractivity contribution is -0.145. The van der Waals surface area contributed by atoms with E-state index >= 15 is 0 Å². The summed E-state index contributed by atoms with van der Waals surface area (Å²) in [5.74, 6) is -0.730. The number of hydrogen-bond acceptors (Lipinski definition) is 2. The van der Waals surface area contributed by atoms with Crippen LogP contribution in [0.15, 0.2) is 53.0 Å². The molecular formula is C14H10BrClO3. The van der Waals surface area contributed by atoms with Crippen molar-refractivity contribution in [3.8, 4) is 5.75 Å². The summed E-state index contributed by atoms with van der Waals surface area (Å²) in [5.41, 5.74) is 0.564. The van der Waals surface area contributed by atoms with Gasteiger partial charge < -0.3 is 9.84 Å². The van der Waals surface area contributed by atoms with Gasteiger partial charge in [-0.25, -0.2) is 4.79 Å². The van der Waals surface area contributed by atoms with Crippen LogP contribution in [0.5, 0.6) is 5.75 Å². The van der Waals surface area contributed by atoms with E-state index in [9.17, 15) is 9.90 Å². The predicted octanol–water partition coefficient (Wildman–Crippen LogP) is 4.31. The fourth-order valence-electron chi connectivity index (χ4n) is 1.59. The zero-order valence-electron chi connectivity index (χ0n) is 9.72. The predicted molar refractivity (Wildman–Crippen MR) is 76.6 cm³/mol. The van der Waals surface area contributed by atoms with Gasteiger partial charge in [-0.05, 0) is 18.2 Å². The van der Waals surface area contributed by atoms with Gasteiger partial charge >= 0.3 is 5.97 Å². The first-order valence-electron chi connectivity index (χ1n) is 5.47. The van der Waals surface area contributed by atoms with E-state index in [1.165, 1.54) is 0 Å². The average molecular weight is 342 g/mol. The van der Waals surface area contributed by atoms with Crippen LogP contribution >= 0.6 is 27.5 Å². The van der Waals surface area contributed by atoms with Gasteiger partial charge in [0, 0.05) is 10.0 Å². The molecule has 0 saturated heterocycles. The minimum absolute atomic E-state index is 0.334. The molecule has 1 atom stereocenters. The van der Waals surface area contributed by atoms with E-state index in [1.807, 2.05) is 6.07 Å². The van der Waals surface area contributed by atoms with Crippen molar-refractivity contribution >= 4 is 33.5 Å². The smallest absolute Gasteiger partial charge is 0.349 e. The van der Waals surface area contributed by atoms with Crippen LogP contribution in [0.4, 0.5) is 0 Å². The summed E-state index contributed by atoms with van der Waals surface area (Å²) in [7, 11) is 0. The first-order chi connectivity index (χ1) is 9.08. The molecule has 0 spiro atoms. The normalized spacial score (nSPS) is 11.9. The molecule has 0 aliphatic heterocycles. The van der Waals surface area contributed by atoms with Crippen molar-refractivity contribution in [2.24, 2.45) is 0 Å². The number of ether oxygens (including phenoxy) is 1. The zero-order chi connectivity index (χ0) is 13.8. The summed E-state index contributed by atoms with van der Waals surface area (Å²) in [6, 6.07) is 13.8. The second kappa shape index (κ2) is 6.08. The van der Waals surface area contributed by atoms with E-state index in [2.05, 4.69) is 15.9 Å². The maximum atomic E-state index is 11.3. The van der Waals surface area contributed by atoms with Crippen LogP contribution in [-0.4, -0.2) is 11.1 Å². The molecule has 1 unspecified atom stereocenters. The summed E-state index contributed by atoms with van der Waals surface area (Å²) in [5, 5.41) is 9.61. The Balaban J connectivity index is 2.29. The fraction of sp³-hybridized carbons (Fsp3) is 0.0714. The third-order valence-corrected chi connectivity index (χ3v) is 3.25. The second-order valence-corrected chi connectivity index (χ2v) is 5.14. The highest BCUT2D eigenvalue weighted by atomic mass is 79.9. The monoisotopic (exact) mass is 340 g/mol. The quantitative estimate of drug-likeness (QED) is 0.901. The first-order valence-corrected chi connectivity index (χ1v) is 6.64. The number of aliphatic carboxylic acids is 1. The van der Waals surface area contributed by atoms with E-state index in [4.69, 9.17) is 16.3 Å². The van der Waals surface area contributed by atoms with E-state index in [0.717, 1.165) is 4.47 Å². The minimum Gasteiger partial charge on any atom is -0.478 e. The molecule has 1 N–H and O–H groups in total. The molecule has 2 rings (SSSR count). The topological polar surface area (TPSA) is 46.5 Å². The molecule has 2 aromatic carbocycles. The molecule has 0 bridgehead atoms. The summed E-state index contributed by atoms with van der Waals surface area (Å²) in [6.45, 7) is 0. The van der Waals surface area contributed by atoms with E-state index in [1.54, 1.807) is 42.5 Å². The molecule has 0 aromatic heterocycles.